The number of anilines is 1. The summed E-state index contributed by atoms with van der Waals surface area (Å²) in [5.41, 5.74) is 1.04. The van der Waals surface area contributed by atoms with E-state index in [-0.39, 0.29) is 0 Å². The molecular weight excluding hydrogens is 190 g/mol. The van der Waals surface area contributed by atoms with Crippen molar-refractivity contribution in [3.63, 3.8) is 0 Å². The first kappa shape index (κ1) is 9.09. The van der Waals surface area contributed by atoms with E-state index in [0.29, 0.717) is 12.2 Å². The predicted molar refractivity (Wildman–Crippen MR) is 57.0 cm³/mol. The summed E-state index contributed by atoms with van der Waals surface area (Å²) in [6.07, 6.45) is 2.08. The molecule has 0 aromatic carbocycles. The third-order valence-corrected chi connectivity index (χ3v) is 3.04. The number of hydrogen-bond acceptors (Lipinski definition) is 4. The number of aromatic nitrogens is 2. The Morgan fingerprint density at radius 3 is 2.53 bits per heavy atom. The Hall–Kier alpha value is -1.16. The molecule has 3 aliphatic rings. The van der Waals surface area contributed by atoms with Crippen LogP contribution in [0.1, 0.15) is 17.9 Å². The van der Waals surface area contributed by atoms with E-state index in [4.69, 9.17) is 4.74 Å². The van der Waals surface area contributed by atoms with Crippen LogP contribution in [-0.4, -0.2) is 35.3 Å². The second-order valence-electron chi connectivity index (χ2n) is 4.44. The molecule has 80 valence electrons. The van der Waals surface area contributed by atoms with E-state index in [0.717, 1.165) is 30.4 Å². The molecular formula is C11H15N3O. The second kappa shape index (κ2) is 3.17. The summed E-state index contributed by atoms with van der Waals surface area (Å²) in [6, 6.07) is 2.05. The van der Waals surface area contributed by atoms with E-state index in [1.54, 1.807) is 0 Å². The predicted octanol–water partition coefficient (Wildman–Crippen LogP) is 1.07. The van der Waals surface area contributed by atoms with Crippen LogP contribution in [0.2, 0.25) is 0 Å². The van der Waals surface area contributed by atoms with Gasteiger partial charge in [0.05, 0.1) is 12.2 Å². The molecule has 0 spiro atoms. The molecule has 15 heavy (non-hydrogen) atoms. The van der Waals surface area contributed by atoms with Gasteiger partial charge in [0, 0.05) is 31.3 Å². The van der Waals surface area contributed by atoms with Gasteiger partial charge in [-0.3, -0.25) is 0 Å². The first-order chi connectivity index (χ1) is 7.20. The van der Waals surface area contributed by atoms with E-state index in [1.165, 1.54) is 6.42 Å². The average Bonchev–Trinajstić information content (AvgIpc) is 2.15. The average molecular weight is 205 g/mol. The zero-order valence-corrected chi connectivity index (χ0v) is 9.10. The third kappa shape index (κ3) is 1.59. The molecule has 1 aromatic rings. The summed E-state index contributed by atoms with van der Waals surface area (Å²) in [7, 11) is 0. The van der Waals surface area contributed by atoms with Crippen molar-refractivity contribution in [2.45, 2.75) is 32.5 Å². The summed E-state index contributed by atoms with van der Waals surface area (Å²) >= 11 is 0. The Labute approximate surface area is 89.3 Å². The topological polar surface area (TPSA) is 38.2 Å². The highest BCUT2D eigenvalue weighted by atomic mass is 16.5. The van der Waals surface area contributed by atoms with Crippen molar-refractivity contribution in [2.24, 2.45) is 0 Å². The second-order valence-corrected chi connectivity index (χ2v) is 4.44. The van der Waals surface area contributed by atoms with Crippen molar-refractivity contribution in [1.82, 2.24) is 9.97 Å². The zero-order chi connectivity index (χ0) is 10.4. The first-order valence-electron chi connectivity index (χ1n) is 5.43. The number of piperidine rings is 1. The lowest BCUT2D eigenvalue weighted by molar-refractivity contribution is -0.133. The van der Waals surface area contributed by atoms with Crippen molar-refractivity contribution in [3.8, 4) is 0 Å². The Balaban J connectivity index is 1.86. The number of rotatable bonds is 1. The highest BCUT2D eigenvalue weighted by Gasteiger charge is 2.38. The van der Waals surface area contributed by atoms with Crippen molar-refractivity contribution < 1.29 is 4.74 Å². The van der Waals surface area contributed by atoms with Crippen molar-refractivity contribution in [2.75, 3.05) is 18.0 Å². The minimum atomic E-state index is 0.430. The van der Waals surface area contributed by atoms with Gasteiger partial charge in [0.25, 0.3) is 0 Å². The van der Waals surface area contributed by atoms with Gasteiger partial charge in [-0.05, 0) is 13.8 Å². The van der Waals surface area contributed by atoms with Crippen LogP contribution < -0.4 is 4.90 Å². The van der Waals surface area contributed by atoms with Gasteiger partial charge in [0.2, 0.25) is 0 Å². The molecule has 4 rings (SSSR count). The molecule has 3 saturated heterocycles. The summed E-state index contributed by atoms with van der Waals surface area (Å²) in [5, 5.41) is 0. The molecule has 3 fully saturated rings. The van der Waals surface area contributed by atoms with Gasteiger partial charge < -0.3 is 9.64 Å². The molecule has 4 nitrogen and oxygen atoms in total. The van der Waals surface area contributed by atoms with Crippen LogP contribution in [0.4, 0.5) is 5.82 Å². The van der Waals surface area contributed by atoms with Crippen molar-refractivity contribution in [1.29, 1.82) is 0 Å². The third-order valence-electron chi connectivity index (χ3n) is 3.04. The first-order valence-corrected chi connectivity index (χ1v) is 5.43. The molecule has 4 heterocycles. The highest BCUT2D eigenvalue weighted by Crippen LogP contribution is 2.30. The van der Waals surface area contributed by atoms with E-state index in [2.05, 4.69) is 20.9 Å². The molecule has 3 aliphatic heterocycles. The van der Waals surface area contributed by atoms with E-state index < -0.39 is 0 Å². The molecule has 0 aliphatic carbocycles. The Morgan fingerprint density at radius 2 is 1.93 bits per heavy atom. The highest BCUT2D eigenvalue weighted by molar-refractivity contribution is 5.41. The van der Waals surface area contributed by atoms with Gasteiger partial charge >= 0.3 is 0 Å². The smallest absolute Gasteiger partial charge is 0.132 e. The lowest BCUT2D eigenvalue weighted by Crippen LogP contribution is -2.57. The summed E-state index contributed by atoms with van der Waals surface area (Å²) in [5.74, 6) is 1.91. The fourth-order valence-electron chi connectivity index (χ4n) is 2.40. The fraction of sp³-hybridized carbons (Fsp3) is 0.636. The molecule has 4 heteroatoms. The molecule has 0 radical (unpaired) electrons. The van der Waals surface area contributed by atoms with Gasteiger partial charge in [-0.1, -0.05) is 0 Å². The maximum absolute atomic E-state index is 5.60. The quantitative estimate of drug-likeness (QED) is 0.687. The summed E-state index contributed by atoms with van der Waals surface area (Å²) in [6.45, 7) is 5.91. The zero-order valence-electron chi connectivity index (χ0n) is 9.10. The van der Waals surface area contributed by atoms with Crippen LogP contribution in [0.15, 0.2) is 6.07 Å². The molecule has 0 N–H and O–H groups in total. The van der Waals surface area contributed by atoms with E-state index in [1.807, 2.05) is 13.8 Å². The lowest BCUT2D eigenvalue weighted by Gasteiger charge is -2.47. The van der Waals surface area contributed by atoms with Crippen LogP contribution in [0.25, 0.3) is 0 Å². The largest absolute Gasteiger partial charge is 0.371 e. The Bertz CT molecular complexity index is 357. The normalized spacial score (nSPS) is 28.8. The Kier molecular flexibility index (Phi) is 1.92. The number of morpholine rings is 1. The lowest BCUT2D eigenvalue weighted by atomic mass is 9.99. The minimum absolute atomic E-state index is 0.430. The fourth-order valence-corrected chi connectivity index (χ4v) is 2.40. The number of nitrogens with zero attached hydrogens (tertiary/aromatic N) is 3. The standard InChI is InChI=1S/C11H15N3O/c1-7-3-11(13-8(2)12-7)14-5-9-4-10(6-14)15-9/h3,9-10H,4-6H2,1-2H3. The van der Waals surface area contributed by atoms with E-state index in [9.17, 15) is 0 Å². The van der Waals surface area contributed by atoms with Gasteiger partial charge in [-0.15, -0.1) is 0 Å². The maximum Gasteiger partial charge on any atom is 0.132 e. The van der Waals surface area contributed by atoms with Crippen molar-refractivity contribution >= 4 is 5.82 Å². The SMILES string of the molecule is Cc1cc(N2CC3CC(C2)O3)nc(C)n1. The Morgan fingerprint density at radius 1 is 1.27 bits per heavy atom. The number of fused-ring (bicyclic) bond motifs is 2. The molecule has 1 aromatic heterocycles. The van der Waals surface area contributed by atoms with E-state index >= 15 is 0 Å². The summed E-state index contributed by atoms with van der Waals surface area (Å²) in [4.78, 5) is 11.1. The number of aryl methyl sites for hydroxylation is 2. The monoisotopic (exact) mass is 205 g/mol. The molecule has 2 bridgehead atoms. The molecule has 2 unspecified atom stereocenters. The van der Waals surface area contributed by atoms with Gasteiger partial charge in [0.15, 0.2) is 0 Å². The van der Waals surface area contributed by atoms with Crippen LogP contribution in [-0.2, 0) is 4.74 Å². The van der Waals surface area contributed by atoms with Crippen molar-refractivity contribution in [3.05, 3.63) is 17.6 Å². The van der Waals surface area contributed by atoms with Crippen LogP contribution >= 0.6 is 0 Å². The maximum atomic E-state index is 5.60. The van der Waals surface area contributed by atoms with Crippen LogP contribution in [0.5, 0.6) is 0 Å². The summed E-state index contributed by atoms with van der Waals surface area (Å²) < 4.78 is 5.60. The van der Waals surface area contributed by atoms with Gasteiger partial charge in [-0.25, -0.2) is 9.97 Å². The minimum Gasteiger partial charge on any atom is -0.371 e. The molecule has 0 saturated carbocycles. The van der Waals surface area contributed by atoms with Gasteiger partial charge in [-0.2, -0.15) is 0 Å². The number of hydrogen-bond donors (Lipinski definition) is 0. The van der Waals surface area contributed by atoms with Crippen LogP contribution in [0.3, 0.4) is 0 Å². The van der Waals surface area contributed by atoms with Crippen LogP contribution in [0, 0.1) is 13.8 Å². The number of ether oxygens (including phenoxy) is 1. The van der Waals surface area contributed by atoms with Gasteiger partial charge in [0.1, 0.15) is 11.6 Å². The molecule has 0 amide bonds. The molecule has 2 atom stereocenters.